The van der Waals surface area contributed by atoms with E-state index >= 15 is 0 Å². The molecule has 0 aromatic carbocycles. The summed E-state index contributed by atoms with van der Waals surface area (Å²) >= 11 is 0. The second-order valence-electron chi connectivity index (χ2n) is 24.5. The lowest BCUT2D eigenvalue weighted by atomic mass is 9.77. The van der Waals surface area contributed by atoms with Gasteiger partial charge in [-0.1, -0.05) is 76.3 Å². The Hall–Kier alpha value is -4.92. The van der Waals surface area contributed by atoms with Gasteiger partial charge in [0.2, 0.25) is 11.7 Å². The van der Waals surface area contributed by atoms with Crippen molar-refractivity contribution in [3.05, 3.63) is 59.5 Å². The minimum absolute atomic E-state index is 0.00402. The Morgan fingerprint density at radius 1 is 0.894 bits per heavy atom. The van der Waals surface area contributed by atoms with Crippen molar-refractivity contribution in [1.82, 2.24) is 25.2 Å². The van der Waals surface area contributed by atoms with E-state index in [1.54, 1.807) is 58.9 Å². The fourth-order valence-electron chi connectivity index (χ4n) is 12.7. The van der Waals surface area contributed by atoms with Gasteiger partial charge in [-0.3, -0.25) is 24.0 Å². The Labute approximate surface area is 499 Å². The maximum atomic E-state index is 14.7. The third kappa shape index (κ3) is 17.7. The molecule has 5 aliphatic rings. The van der Waals surface area contributed by atoms with Crippen LogP contribution in [0, 0.1) is 35.5 Å². The van der Waals surface area contributed by atoms with E-state index in [9.17, 15) is 54.3 Å². The van der Waals surface area contributed by atoms with E-state index in [4.69, 9.17) is 33.2 Å². The molecule has 0 radical (unpaired) electrons. The summed E-state index contributed by atoms with van der Waals surface area (Å²) < 4.78 is 43.5. The Balaban J connectivity index is 1.24. The standard InChI is InChI=1S/C62H95N5O18/c1-34-17-13-12-14-18-35(2)48(79-9)29-44-22-20-40(7)62(78,85-44)58(75)59(76)66-24-16-15-19-46(66)60(77)83-49(30-47(70)36(3)26-39(6)54(72)57(81-11)53(71)38(5)25-34)37(4)27-42-21-23-45(50(28-42)80-10)67-31-43(64-65-67)33-82-61-52(63-41(8)69)56(74)55(73)51(32-68)84-61/h12-14,17-18,26,31,34,36-38,40,42,44-46,48-52,54-57,61,68,72-74,78H,15-16,19-25,27-30,32-33H2,1-11H3,(H,63,69)/b14-12+,17-13+,35-18+,39-26+/t34-,36-,37-,38-,40-,42+,44+,45+,46+,48?,49+,50-,51-,52-,54-,55-,56-,57?,61-,62-/m1/s1. The lowest BCUT2D eigenvalue weighted by Crippen LogP contribution is -2.64. The van der Waals surface area contributed by atoms with Crippen molar-refractivity contribution in [2.45, 2.75) is 224 Å². The van der Waals surface area contributed by atoms with Gasteiger partial charge in [-0.15, -0.1) is 5.10 Å². The van der Waals surface area contributed by atoms with Gasteiger partial charge in [0.15, 0.2) is 12.1 Å². The highest BCUT2D eigenvalue weighted by Crippen LogP contribution is 2.40. The van der Waals surface area contributed by atoms with Crippen molar-refractivity contribution in [3.63, 3.8) is 0 Å². The number of carbonyl (C=O) groups excluding carboxylic acids is 6. The number of piperidine rings is 1. The lowest BCUT2D eigenvalue weighted by molar-refractivity contribution is -0.273. The molecule has 20 atom stereocenters. The first-order valence-corrected chi connectivity index (χ1v) is 30.3. The minimum atomic E-state index is -2.48. The van der Waals surface area contributed by atoms with E-state index in [1.807, 2.05) is 51.2 Å². The molecule has 1 aliphatic carbocycles. The van der Waals surface area contributed by atoms with Crippen LogP contribution in [0.2, 0.25) is 0 Å². The zero-order valence-electron chi connectivity index (χ0n) is 51.4. The van der Waals surface area contributed by atoms with E-state index in [0.717, 1.165) is 5.57 Å². The van der Waals surface area contributed by atoms with Crippen LogP contribution in [0.25, 0.3) is 0 Å². The van der Waals surface area contributed by atoms with E-state index in [2.05, 4.69) is 15.6 Å². The normalized spacial score (nSPS) is 39.1. The van der Waals surface area contributed by atoms with Gasteiger partial charge < -0.3 is 68.9 Å². The number of nitrogens with one attached hydrogen (secondary N) is 1. The lowest BCUT2D eigenvalue weighted by Gasteiger charge is -2.42. The number of esters is 1. The van der Waals surface area contributed by atoms with Crippen molar-refractivity contribution in [1.29, 1.82) is 0 Å². The molecule has 4 aliphatic heterocycles. The molecule has 1 saturated carbocycles. The highest BCUT2D eigenvalue weighted by Gasteiger charge is 2.53. The number of methoxy groups -OCH3 is 3. The topological polar surface area (TPSA) is 314 Å². The van der Waals surface area contributed by atoms with Gasteiger partial charge >= 0.3 is 5.97 Å². The maximum Gasteiger partial charge on any atom is 0.329 e. The van der Waals surface area contributed by atoms with Crippen LogP contribution >= 0.6 is 0 Å². The molecule has 1 aromatic heterocycles. The first-order valence-electron chi connectivity index (χ1n) is 30.3. The number of cyclic esters (lactones) is 1. The van der Waals surface area contributed by atoms with Gasteiger partial charge in [0, 0.05) is 65.4 Å². The largest absolute Gasteiger partial charge is 0.460 e. The molecule has 2 unspecified atom stereocenters. The van der Waals surface area contributed by atoms with Crippen LogP contribution in [-0.4, -0.2) is 194 Å². The van der Waals surface area contributed by atoms with Crippen molar-refractivity contribution < 1.29 is 87.5 Å². The number of nitrogens with zero attached hydrogens (tertiary/aromatic N) is 4. The van der Waals surface area contributed by atoms with Crippen LogP contribution in [-0.2, 0) is 68.5 Å². The first kappa shape index (κ1) is 69.2. The molecular formula is C62H95N5O18. The number of amides is 2. The monoisotopic (exact) mass is 1200 g/mol. The Bertz CT molecular complexity index is 2550. The van der Waals surface area contributed by atoms with Crippen molar-refractivity contribution in [2.75, 3.05) is 34.5 Å². The number of ether oxygens (including phenoxy) is 7. The van der Waals surface area contributed by atoms with Crippen LogP contribution in [0.5, 0.6) is 0 Å². The summed E-state index contributed by atoms with van der Waals surface area (Å²) in [6, 6.07) is -2.61. The number of fused-ring (bicyclic) bond motifs is 3. The molecule has 5 heterocycles. The summed E-state index contributed by atoms with van der Waals surface area (Å²) in [5.41, 5.74) is 1.60. The number of hydrogen-bond acceptors (Lipinski definition) is 20. The predicted molar refractivity (Wildman–Crippen MR) is 308 cm³/mol. The average molecular weight is 1200 g/mol. The summed E-state index contributed by atoms with van der Waals surface area (Å²) in [4.78, 5) is 85.1. The fourth-order valence-corrected chi connectivity index (χ4v) is 12.7. The predicted octanol–water partition coefficient (Wildman–Crippen LogP) is 4.11. The van der Waals surface area contributed by atoms with Gasteiger partial charge in [-0.25, -0.2) is 9.48 Å². The smallest absolute Gasteiger partial charge is 0.329 e. The Morgan fingerprint density at radius 3 is 2.32 bits per heavy atom. The number of allylic oxidation sites excluding steroid dienone is 6. The number of ketones is 3. The Kier molecular flexibility index (Phi) is 25.9. The summed E-state index contributed by atoms with van der Waals surface area (Å²) in [5.74, 6) is -9.11. The molecule has 476 valence electrons. The summed E-state index contributed by atoms with van der Waals surface area (Å²) in [6.07, 6.45) is 7.24. The van der Waals surface area contributed by atoms with Crippen LogP contribution < -0.4 is 5.32 Å². The highest BCUT2D eigenvalue weighted by atomic mass is 16.7. The van der Waals surface area contributed by atoms with E-state index in [1.165, 1.54) is 18.9 Å². The van der Waals surface area contributed by atoms with E-state index < -0.39 is 127 Å². The second kappa shape index (κ2) is 31.8. The van der Waals surface area contributed by atoms with Crippen LogP contribution in [0.15, 0.2) is 53.8 Å². The number of aromatic nitrogens is 3. The molecule has 2 bridgehead atoms. The van der Waals surface area contributed by atoms with Crippen molar-refractivity contribution >= 4 is 35.1 Å². The van der Waals surface area contributed by atoms with Crippen LogP contribution in [0.4, 0.5) is 0 Å². The average Bonchev–Trinajstić information content (AvgIpc) is 4.14. The zero-order valence-corrected chi connectivity index (χ0v) is 51.4. The SMILES string of the molecule is COC1C[C@@H]2CC[C@@H](C)[C@@](O)(O2)C(=O)C(=O)N2CCCC[C@H]2C(=O)O[C@H]([C@H](C)C[C@@H]2CC[C@H](n3cc(CO[C@@H]4O[C@H](CO)[C@@H](O)[C@H](O)[C@H]4NC(C)=O)nn3)[C@H](OC)C2)CC(=O)[C@H](C)/C=C(\C)[C@@H](O)C(OC)C(=O)[C@H](C)C[C@H](C)/C=C/C=C/C=C/1C. The maximum absolute atomic E-state index is 14.7. The minimum Gasteiger partial charge on any atom is -0.460 e. The number of carbonyl (C=O) groups is 6. The quantitative estimate of drug-likeness (QED) is 0.0974. The van der Waals surface area contributed by atoms with Crippen molar-refractivity contribution in [3.8, 4) is 0 Å². The molecule has 2 amide bonds. The first-order chi connectivity index (χ1) is 40.3. The third-order valence-electron chi connectivity index (χ3n) is 18.0. The fraction of sp³-hybridized carbons (Fsp3) is 0.742. The molecule has 6 N–H and O–H groups in total. The van der Waals surface area contributed by atoms with E-state index in [-0.39, 0.29) is 68.0 Å². The molecular weight excluding hydrogens is 1100 g/mol. The summed E-state index contributed by atoms with van der Waals surface area (Å²) in [6.45, 7) is 13.1. The second-order valence-corrected chi connectivity index (χ2v) is 24.5. The van der Waals surface area contributed by atoms with Crippen LogP contribution in [0.3, 0.4) is 0 Å². The molecule has 4 fully saturated rings. The van der Waals surface area contributed by atoms with Gasteiger partial charge in [-0.05, 0) is 107 Å². The Morgan fingerprint density at radius 2 is 1.64 bits per heavy atom. The summed E-state index contributed by atoms with van der Waals surface area (Å²) in [7, 11) is 4.53. The number of aliphatic hydroxyl groups is 5. The number of aliphatic hydroxyl groups excluding tert-OH is 4. The van der Waals surface area contributed by atoms with E-state index in [0.29, 0.717) is 69.1 Å². The number of rotatable bonds is 12. The van der Waals surface area contributed by atoms with Gasteiger partial charge in [0.25, 0.3) is 11.7 Å². The molecule has 85 heavy (non-hydrogen) atoms. The third-order valence-corrected chi connectivity index (χ3v) is 18.0. The van der Waals surface area contributed by atoms with Crippen molar-refractivity contribution in [2.24, 2.45) is 35.5 Å². The highest BCUT2D eigenvalue weighted by molar-refractivity contribution is 6.39. The molecule has 23 heteroatoms. The molecule has 1 aromatic rings. The zero-order chi connectivity index (χ0) is 62.4. The van der Waals surface area contributed by atoms with Gasteiger partial charge in [-0.2, -0.15) is 0 Å². The number of Topliss-reactive ketones (excluding diaryl/α,β-unsaturated/α-hetero) is 3. The molecule has 0 spiro atoms. The number of hydrogen-bond donors (Lipinski definition) is 6. The van der Waals surface area contributed by atoms with Crippen LogP contribution in [0.1, 0.15) is 144 Å². The summed E-state index contributed by atoms with van der Waals surface area (Å²) in [5, 5.41) is 65.8. The molecule has 3 saturated heterocycles. The van der Waals surface area contributed by atoms with Gasteiger partial charge in [0.05, 0.1) is 43.8 Å². The molecule has 6 rings (SSSR count). The molecule has 23 nitrogen and oxygen atoms in total. The van der Waals surface area contributed by atoms with Gasteiger partial charge in [0.1, 0.15) is 60.2 Å².